The van der Waals surface area contributed by atoms with E-state index in [0.717, 1.165) is 0 Å². The summed E-state index contributed by atoms with van der Waals surface area (Å²) in [5, 5.41) is 11.2. The van der Waals surface area contributed by atoms with Crippen LogP contribution in [0.2, 0.25) is 0 Å². The third-order valence-electron chi connectivity index (χ3n) is 1.96. The lowest BCUT2D eigenvalue weighted by atomic mass is 10.1. The second kappa shape index (κ2) is 5.53. The van der Waals surface area contributed by atoms with Crippen LogP contribution in [0, 0.1) is 0 Å². The minimum atomic E-state index is -0.939. The van der Waals surface area contributed by atoms with E-state index >= 15 is 0 Å². The number of carboxylic acids is 1. The summed E-state index contributed by atoms with van der Waals surface area (Å²) in [5.74, 6) is -1.33. The molecule has 0 aliphatic rings. The van der Waals surface area contributed by atoms with Crippen molar-refractivity contribution in [3.8, 4) is 0 Å². The number of carboxylic acid groups (broad SMARTS) is 1. The largest absolute Gasteiger partial charge is 0.480 e. The predicted octanol–water partition coefficient (Wildman–Crippen LogP) is 2.14. The van der Waals surface area contributed by atoms with E-state index in [1.54, 1.807) is 45.0 Å². The summed E-state index contributed by atoms with van der Waals surface area (Å²) in [6.45, 7) is 5.24. The molecule has 0 saturated carbocycles. The molecule has 18 heavy (non-hydrogen) atoms. The molecule has 0 radical (unpaired) electrons. The van der Waals surface area contributed by atoms with Gasteiger partial charge in [-0.1, -0.05) is 0 Å². The zero-order chi connectivity index (χ0) is 13.8. The van der Waals surface area contributed by atoms with E-state index in [9.17, 15) is 9.59 Å². The Morgan fingerprint density at radius 3 is 2.22 bits per heavy atom. The van der Waals surface area contributed by atoms with Gasteiger partial charge >= 0.3 is 11.9 Å². The number of benzene rings is 1. The number of anilines is 1. The molecule has 0 bridgehead atoms. The van der Waals surface area contributed by atoms with Gasteiger partial charge in [0, 0.05) is 5.69 Å². The number of esters is 1. The van der Waals surface area contributed by atoms with Crippen molar-refractivity contribution in [3.05, 3.63) is 29.8 Å². The minimum Gasteiger partial charge on any atom is -0.480 e. The van der Waals surface area contributed by atoms with Crippen molar-refractivity contribution in [1.82, 2.24) is 0 Å². The number of aliphatic carboxylic acids is 1. The average molecular weight is 251 g/mol. The fourth-order valence-electron chi connectivity index (χ4n) is 1.24. The molecule has 0 heterocycles. The lowest BCUT2D eigenvalue weighted by Gasteiger charge is -2.19. The first-order valence-electron chi connectivity index (χ1n) is 5.57. The van der Waals surface area contributed by atoms with Gasteiger partial charge in [-0.25, -0.2) is 4.79 Å². The normalized spacial score (nSPS) is 10.8. The van der Waals surface area contributed by atoms with Crippen molar-refractivity contribution < 1.29 is 19.4 Å². The zero-order valence-electron chi connectivity index (χ0n) is 10.7. The number of hydrogen-bond acceptors (Lipinski definition) is 4. The van der Waals surface area contributed by atoms with Crippen molar-refractivity contribution in [2.45, 2.75) is 26.4 Å². The molecule has 0 amide bonds. The second-order valence-electron chi connectivity index (χ2n) is 4.83. The molecule has 0 spiro atoms. The highest BCUT2D eigenvalue weighted by molar-refractivity contribution is 5.90. The van der Waals surface area contributed by atoms with Crippen LogP contribution in [0.3, 0.4) is 0 Å². The highest BCUT2D eigenvalue weighted by Gasteiger charge is 2.17. The molecule has 1 rings (SSSR count). The van der Waals surface area contributed by atoms with Gasteiger partial charge in [-0.05, 0) is 45.0 Å². The van der Waals surface area contributed by atoms with Crippen LogP contribution < -0.4 is 5.32 Å². The van der Waals surface area contributed by atoms with E-state index in [1.165, 1.54) is 0 Å². The maximum absolute atomic E-state index is 11.7. The molecule has 0 aromatic heterocycles. The first-order chi connectivity index (χ1) is 8.28. The van der Waals surface area contributed by atoms with Gasteiger partial charge in [-0.3, -0.25) is 4.79 Å². The monoisotopic (exact) mass is 251 g/mol. The second-order valence-corrected chi connectivity index (χ2v) is 4.83. The summed E-state index contributed by atoms with van der Waals surface area (Å²) in [5.41, 5.74) is 0.549. The first-order valence-corrected chi connectivity index (χ1v) is 5.57. The van der Waals surface area contributed by atoms with Crippen LogP contribution in [0.5, 0.6) is 0 Å². The van der Waals surface area contributed by atoms with Crippen molar-refractivity contribution in [2.75, 3.05) is 11.9 Å². The highest BCUT2D eigenvalue weighted by atomic mass is 16.6. The summed E-state index contributed by atoms with van der Waals surface area (Å²) >= 11 is 0. The topological polar surface area (TPSA) is 75.6 Å². The number of rotatable bonds is 4. The van der Waals surface area contributed by atoms with Gasteiger partial charge < -0.3 is 15.2 Å². The van der Waals surface area contributed by atoms with Crippen LogP contribution in [-0.4, -0.2) is 29.2 Å². The first kappa shape index (κ1) is 14.0. The Morgan fingerprint density at radius 1 is 1.22 bits per heavy atom. The van der Waals surface area contributed by atoms with Gasteiger partial charge in [0.05, 0.1) is 5.56 Å². The maximum atomic E-state index is 11.7. The molecule has 5 nitrogen and oxygen atoms in total. The maximum Gasteiger partial charge on any atom is 0.338 e. The molecule has 0 fully saturated rings. The van der Waals surface area contributed by atoms with E-state index in [4.69, 9.17) is 9.84 Å². The molecule has 1 aromatic carbocycles. The van der Waals surface area contributed by atoms with Gasteiger partial charge in [0.25, 0.3) is 0 Å². The molecule has 0 saturated heterocycles. The van der Waals surface area contributed by atoms with E-state index in [0.29, 0.717) is 11.3 Å². The number of carbonyl (C=O) groups excluding carboxylic acids is 1. The van der Waals surface area contributed by atoms with Crippen molar-refractivity contribution >= 4 is 17.6 Å². The molecular formula is C13H17NO4. The van der Waals surface area contributed by atoms with Crippen LogP contribution in [0.15, 0.2) is 24.3 Å². The standard InChI is InChI=1S/C13H17NO4/c1-13(2,3)18-12(17)9-4-6-10(7-5-9)14-8-11(15)16/h4-7,14H,8H2,1-3H3,(H,15,16). The van der Waals surface area contributed by atoms with Crippen LogP contribution in [0.1, 0.15) is 31.1 Å². The fourth-order valence-corrected chi connectivity index (χ4v) is 1.24. The predicted molar refractivity (Wildman–Crippen MR) is 67.7 cm³/mol. The number of hydrogen-bond donors (Lipinski definition) is 2. The summed E-state index contributed by atoms with van der Waals surface area (Å²) < 4.78 is 5.21. The number of carbonyl (C=O) groups is 2. The molecule has 2 N–H and O–H groups in total. The lowest BCUT2D eigenvalue weighted by molar-refractivity contribution is -0.134. The molecule has 0 aliphatic carbocycles. The molecular weight excluding hydrogens is 234 g/mol. The minimum absolute atomic E-state index is 0.161. The number of nitrogens with one attached hydrogen (secondary N) is 1. The van der Waals surface area contributed by atoms with E-state index < -0.39 is 17.5 Å². The lowest BCUT2D eigenvalue weighted by Crippen LogP contribution is -2.23. The van der Waals surface area contributed by atoms with Crippen molar-refractivity contribution in [1.29, 1.82) is 0 Å². The van der Waals surface area contributed by atoms with Gasteiger partial charge in [0.15, 0.2) is 0 Å². The third-order valence-corrected chi connectivity index (χ3v) is 1.96. The Bertz CT molecular complexity index is 431. The van der Waals surface area contributed by atoms with E-state index in [-0.39, 0.29) is 6.54 Å². The Hall–Kier alpha value is -2.04. The molecule has 0 aliphatic heterocycles. The van der Waals surface area contributed by atoms with Crippen LogP contribution in [0.25, 0.3) is 0 Å². The third kappa shape index (κ3) is 4.86. The van der Waals surface area contributed by atoms with E-state index in [2.05, 4.69) is 5.32 Å². The summed E-state index contributed by atoms with van der Waals surface area (Å²) in [6, 6.07) is 6.47. The molecule has 5 heteroatoms. The summed E-state index contributed by atoms with van der Waals surface area (Å²) in [4.78, 5) is 22.1. The van der Waals surface area contributed by atoms with Gasteiger partial charge in [-0.15, -0.1) is 0 Å². The summed E-state index contributed by atoms with van der Waals surface area (Å²) in [7, 11) is 0. The Labute approximate surface area is 106 Å². The summed E-state index contributed by atoms with van der Waals surface area (Å²) in [6.07, 6.45) is 0. The smallest absolute Gasteiger partial charge is 0.338 e. The molecule has 0 unspecified atom stereocenters. The van der Waals surface area contributed by atoms with Crippen LogP contribution >= 0.6 is 0 Å². The molecule has 1 aromatic rings. The van der Waals surface area contributed by atoms with Gasteiger partial charge in [0.2, 0.25) is 0 Å². The van der Waals surface area contributed by atoms with Gasteiger partial charge in [-0.2, -0.15) is 0 Å². The quantitative estimate of drug-likeness (QED) is 0.802. The van der Waals surface area contributed by atoms with Crippen LogP contribution in [-0.2, 0) is 9.53 Å². The SMILES string of the molecule is CC(C)(C)OC(=O)c1ccc(NCC(=O)O)cc1. The zero-order valence-corrected chi connectivity index (χ0v) is 10.7. The van der Waals surface area contributed by atoms with Crippen molar-refractivity contribution in [2.24, 2.45) is 0 Å². The Morgan fingerprint density at radius 2 is 1.78 bits per heavy atom. The van der Waals surface area contributed by atoms with Crippen molar-refractivity contribution in [3.63, 3.8) is 0 Å². The molecule has 0 atom stereocenters. The number of ether oxygens (including phenoxy) is 1. The Kier molecular flexibility index (Phi) is 4.31. The fraction of sp³-hybridized carbons (Fsp3) is 0.385. The molecule has 98 valence electrons. The van der Waals surface area contributed by atoms with E-state index in [1.807, 2.05) is 0 Å². The van der Waals surface area contributed by atoms with Gasteiger partial charge in [0.1, 0.15) is 12.1 Å². The Balaban J connectivity index is 2.65. The highest BCUT2D eigenvalue weighted by Crippen LogP contribution is 2.14. The van der Waals surface area contributed by atoms with Crippen LogP contribution in [0.4, 0.5) is 5.69 Å². The average Bonchev–Trinajstić information content (AvgIpc) is 2.24.